The van der Waals surface area contributed by atoms with Gasteiger partial charge in [0.05, 0.1) is 5.92 Å². The summed E-state index contributed by atoms with van der Waals surface area (Å²) in [5.41, 5.74) is 0. The average molecular weight is 422 g/mol. The largest absolute Gasteiger partial charge is 0.381 e. The van der Waals surface area contributed by atoms with Gasteiger partial charge >= 0.3 is 0 Å². The lowest BCUT2D eigenvalue weighted by atomic mass is 9.71. The first-order valence-corrected chi connectivity index (χ1v) is 12.2. The van der Waals surface area contributed by atoms with E-state index in [9.17, 15) is 9.59 Å². The third-order valence-corrected chi connectivity index (χ3v) is 7.96. The average Bonchev–Trinajstić information content (AvgIpc) is 2.70. The molecule has 6 heteroatoms. The summed E-state index contributed by atoms with van der Waals surface area (Å²) in [4.78, 5) is 28.3. The predicted molar refractivity (Wildman–Crippen MR) is 119 cm³/mol. The Morgan fingerprint density at radius 2 is 1.83 bits per heavy atom. The highest BCUT2D eigenvalue weighted by Gasteiger charge is 2.42. The molecule has 6 nitrogen and oxygen atoms in total. The molecule has 0 aromatic heterocycles. The van der Waals surface area contributed by atoms with Crippen molar-refractivity contribution in [2.45, 2.75) is 84.8 Å². The van der Waals surface area contributed by atoms with Gasteiger partial charge in [0.15, 0.2) is 0 Å². The van der Waals surface area contributed by atoms with E-state index in [2.05, 4.69) is 43.2 Å². The second-order valence-corrected chi connectivity index (χ2v) is 10.3. The van der Waals surface area contributed by atoms with Crippen molar-refractivity contribution in [3.05, 3.63) is 0 Å². The van der Waals surface area contributed by atoms with Crippen molar-refractivity contribution in [3.63, 3.8) is 0 Å². The van der Waals surface area contributed by atoms with Crippen molar-refractivity contribution < 1.29 is 14.3 Å². The lowest BCUT2D eigenvalue weighted by molar-refractivity contribution is -0.133. The van der Waals surface area contributed by atoms with E-state index in [1.807, 2.05) is 6.92 Å². The summed E-state index contributed by atoms with van der Waals surface area (Å²) in [5, 5.41) is 6.21. The highest BCUT2D eigenvalue weighted by Crippen LogP contribution is 2.38. The summed E-state index contributed by atoms with van der Waals surface area (Å²) in [5.74, 6) is 1.28. The fourth-order valence-corrected chi connectivity index (χ4v) is 6.23. The highest BCUT2D eigenvalue weighted by molar-refractivity contribution is 5.83. The number of carbonyl (C=O) groups is 2. The van der Waals surface area contributed by atoms with Crippen LogP contribution in [0.5, 0.6) is 0 Å². The fraction of sp³-hybridized carbons (Fsp3) is 0.917. The van der Waals surface area contributed by atoms with Crippen LogP contribution in [0.25, 0.3) is 0 Å². The summed E-state index contributed by atoms with van der Waals surface area (Å²) in [6, 6.07) is 1.24. The summed E-state index contributed by atoms with van der Waals surface area (Å²) >= 11 is 0. The molecule has 0 radical (unpaired) electrons. The summed E-state index contributed by atoms with van der Waals surface area (Å²) < 4.78 is 5.58. The highest BCUT2D eigenvalue weighted by atomic mass is 16.5. The van der Waals surface area contributed by atoms with Gasteiger partial charge in [-0.25, -0.2) is 0 Å². The smallest absolute Gasteiger partial charge is 0.225 e. The van der Waals surface area contributed by atoms with Gasteiger partial charge in [-0.05, 0) is 63.3 Å². The quantitative estimate of drug-likeness (QED) is 0.692. The molecule has 0 aromatic rings. The lowest BCUT2D eigenvalue weighted by Crippen LogP contribution is -2.55. The van der Waals surface area contributed by atoms with Gasteiger partial charge in [-0.3, -0.25) is 14.5 Å². The van der Waals surface area contributed by atoms with Crippen LogP contribution in [0.1, 0.15) is 66.7 Å². The number of nitrogens with zero attached hydrogens (tertiary/aromatic N) is 1. The van der Waals surface area contributed by atoms with E-state index in [0.717, 1.165) is 51.9 Å². The van der Waals surface area contributed by atoms with E-state index in [1.165, 1.54) is 0 Å². The first-order chi connectivity index (χ1) is 14.3. The van der Waals surface area contributed by atoms with Gasteiger partial charge in [0.25, 0.3) is 0 Å². The molecule has 1 saturated carbocycles. The summed E-state index contributed by atoms with van der Waals surface area (Å²) in [7, 11) is 0. The Bertz CT molecular complexity index is 592. The zero-order valence-electron chi connectivity index (χ0n) is 19.7. The van der Waals surface area contributed by atoms with Gasteiger partial charge in [-0.2, -0.15) is 0 Å². The van der Waals surface area contributed by atoms with Crippen LogP contribution < -0.4 is 10.6 Å². The molecule has 3 aliphatic rings. The molecule has 2 saturated heterocycles. The molecule has 3 rings (SSSR count). The van der Waals surface area contributed by atoms with Crippen molar-refractivity contribution in [2.75, 3.05) is 26.3 Å². The van der Waals surface area contributed by atoms with Gasteiger partial charge in [-0.1, -0.05) is 27.7 Å². The minimum absolute atomic E-state index is 0.0218. The second kappa shape index (κ2) is 10.4. The van der Waals surface area contributed by atoms with Gasteiger partial charge in [0.2, 0.25) is 11.8 Å². The lowest BCUT2D eigenvalue weighted by Gasteiger charge is -2.47. The van der Waals surface area contributed by atoms with Crippen LogP contribution in [0.2, 0.25) is 0 Å². The number of hydrogen-bond acceptors (Lipinski definition) is 4. The number of rotatable bonds is 6. The van der Waals surface area contributed by atoms with Crippen LogP contribution in [-0.4, -0.2) is 61.1 Å². The number of amides is 2. The van der Waals surface area contributed by atoms with E-state index in [0.29, 0.717) is 36.4 Å². The number of ether oxygens (including phenoxy) is 1. The van der Waals surface area contributed by atoms with Crippen LogP contribution in [0.4, 0.5) is 0 Å². The van der Waals surface area contributed by atoms with Crippen LogP contribution in [0.3, 0.4) is 0 Å². The third kappa shape index (κ3) is 5.37. The van der Waals surface area contributed by atoms with Crippen LogP contribution in [0.15, 0.2) is 0 Å². The molecule has 2 heterocycles. The molecule has 2 aliphatic heterocycles. The molecule has 3 fully saturated rings. The third-order valence-electron chi connectivity index (χ3n) is 7.96. The first kappa shape index (κ1) is 23.5. The molecule has 172 valence electrons. The Hall–Kier alpha value is -1.14. The molecule has 2 N–H and O–H groups in total. The van der Waals surface area contributed by atoms with E-state index >= 15 is 0 Å². The Balaban J connectivity index is 1.62. The van der Waals surface area contributed by atoms with Gasteiger partial charge in [0, 0.05) is 43.8 Å². The minimum atomic E-state index is -0.119. The maximum Gasteiger partial charge on any atom is 0.225 e. The molecule has 0 bridgehead atoms. The van der Waals surface area contributed by atoms with Crippen molar-refractivity contribution in [1.82, 2.24) is 15.5 Å². The monoisotopic (exact) mass is 421 g/mol. The molecule has 7 atom stereocenters. The van der Waals surface area contributed by atoms with E-state index in [1.54, 1.807) is 0 Å². The maximum atomic E-state index is 13.2. The topological polar surface area (TPSA) is 70.7 Å². The van der Waals surface area contributed by atoms with Crippen molar-refractivity contribution in [2.24, 2.45) is 29.6 Å². The van der Waals surface area contributed by atoms with Crippen LogP contribution in [0, 0.1) is 29.6 Å². The molecule has 30 heavy (non-hydrogen) atoms. The molecule has 0 spiro atoms. The van der Waals surface area contributed by atoms with Gasteiger partial charge in [0.1, 0.15) is 0 Å². The Morgan fingerprint density at radius 3 is 2.47 bits per heavy atom. The fourth-order valence-electron chi connectivity index (χ4n) is 6.23. The van der Waals surface area contributed by atoms with Crippen LogP contribution >= 0.6 is 0 Å². The van der Waals surface area contributed by atoms with E-state index in [4.69, 9.17) is 4.74 Å². The van der Waals surface area contributed by atoms with Gasteiger partial charge < -0.3 is 15.4 Å². The SMILES string of the molecule is CCN(C1CCOCC1)C1CC(C)CC(C(=O)NCC2C(=O)NC(C)CC2C)C1C. The Labute approximate surface area is 182 Å². The van der Waals surface area contributed by atoms with E-state index < -0.39 is 0 Å². The normalized spacial score (nSPS) is 38.3. The number of hydrogen-bond donors (Lipinski definition) is 2. The molecule has 7 unspecified atom stereocenters. The zero-order chi connectivity index (χ0) is 21.8. The Morgan fingerprint density at radius 1 is 1.13 bits per heavy atom. The number of nitrogens with one attached hydrogen (secondary N) is 2. The molecule has 0 aromatic carbocycles. The maximum absolute atomic E-state index is 13.2. The molecular formula is C24H43N3O3. The number of carbonyl (C=O) groups excluding carboxylic acids is 2. The zero-order valence-corrected chi connectivity index (χ0v) is 19.7. The van der Waals surface area contributed by atoms with Crippen molar-refractivity contribution in [1.29, 1.82) is 0 Å². The van der Waals surface area contributed by atoms with Crippen LogP contribution in [-0.2, 0) is 14.3 Å². The Kier molecular flexibility index (Phi) is 8.19. The van der Waals surface area contributed by atoms with Gasteiger partial charge in [-0.15, -0.1) is 0 Å². The van der Waals surface area contributed by atoms with Crippen molar-refractivity contribution >= 4 is 11.8 Å². The predicted octanol–water partition coefficient (Wildman–Crippen LogP) is 2.82. The first-order valence-electron chi connectivity index (χ1n) is 12.2. The molecule has 1 aliphatic carbocycles. The van der Waals surface area contributed by atoms with E-state index in [-0.39, 0.29) is 29.7 Å². The second-order valence-electron chi connectivity index (χ2n) is 10.3. The number of piperidine rings is 1. The summed E-state index contributed by atoms with van der Waals surface area (Å²) in [6.45, 7) is 14.2. The molecular weight excluding hydrogens is 378 g/mol. The minimum Gasteiger partial charge on any atom is -0.381 e. The summed E-state index contributed by atoms with van der Waals surface area (Å²) in [6.07, 6.45) is 5.26. The molecule has 2 amide bonds. The van der Waals surface area contributed by atoms with Crippen molar-refractivity contribution in [3.8, 4) is 0 Å². The standard InChI is InChI=1S/C24H43N3O3/c1-6-27(19-7-9-30-10-8-19)22-12-15(2)11-20(18(22)5)23(28)25-14-21-16(3)13-17(4)26-24(21)29/h15-22H,6-14H2,1-5H3,(H,25,28)(H,26,29).